The summed E-state index contributed by atoms with van der Waals surface area (Å²) in [5.74, 6) is 0.774. The van der Waals surface area contributed by atoms with Crippen LogP contribution in [0.4, 0.5) is 0 Å². The second-order valence-corrected chi connectivity index (χ2v) is 10.9. The lowest BCUT2D eigenvalue weighted by molar-refractivity contribution is 0.0222. The van der Waals surface area contributed by atoms with Crippen molar-refractivity contribution in [1.29, 1.82) is 0 Å². The van der Waals surface area contributed by atoms with Crippen LogP contribution < -0.4 is 4.74 Å². The molecule has 0 aliphatic carbocycles. The predicted molar refractivity (Wildman–Crippen MR) is 125 cm³/mol. The summed E-state index contributed by atoms with van der Waals surface area (Å²) in [4.78, 5) is 13.0. The molecule has 2 heterocycles. The summed E-state index contributed by atoms with van der Waals surface area (Å²) in [6.45, 7) is 12.1. The van der Waals surface area contributed by atoms with Crippen molar-refractivity contribution in [3.8, 4) is 23.0 Å². The Morgan fingerprint density at radius 3 is 1.70 bits per heavy atom. The van der Waals surface area contributed by atoms with Crippen molar-refractivity contribution in [1.82, 2.24) is 0 Å². The van der Waals surface area contributed by atoms with Gasteiger partial charge in [0.05, 0.1) is 16.7 Å². The number of carbonyl (C=O) groups excluding carboxylic acids is 1. The fraction of sp³-hybridized carbons (Fsp3) is 0.321. The minimum Gasteiger partial charge on any atom is -0.508 e. The Kier molecular flexibility index (Phi) is 4.23. The molecule has 5 rings (SSSR count). The standard InChI is InChI=1S/C28H28O5/c1-26(2,3)17-13-23-19(11-21(17)29)28(16-10-8-7-9-15(16)25(31)33-28)20-12-22(30)18(27(4,5)6)14-24(20)32-23/h7-14,29-30H,1-6H3. The first-order chi connectivity index (χ1) is 15.3. The Morgan fingerprint density at radius 2 is 1.21 bits per heavy atom. The molecular formula is C28H28O5. The molecule has 0 fully saturated rings. The molecule has 3 aromatic rings. The van der Waals surface area contributed by atoms with Crippen LogP contribution in [0.2, 0.25) is 0 Å². The maximum absolute atomic E-state index is 13.0. The molecule has 5 nitrogen and oxygen atoms in total. The second kappa shape index (κ2) is 6.53. The van der Waals surface area contributed by atoms with E-state index in [0.717, 1.165) is 11.1 Å². The van der Waals surface area contributed by atoms with E-state index in [4.69, 9.17) is 9.47 Å². The number of hydrogen-bond donors (Lipinski definition) is 2. The highest BCUT2D eigenvalue weighted by atomic mass is 16.6. The van der Waals surface area contributed by atoms with Gasteiger partial charge in [0.15, 0.2) is 5.60 Å². The molecule has 0 aromatic heterocycles. The van der Waals surface area contributed by atoms with Gasteiger partial charge in [0.1, 0.15) is 23.0 Å². The van der Waals surface area contributed by atoms with Crippen molar-refractivity contribution in [2.45, 2.75) is 58.0 Å². The molecule has 3 aromatic carbocycles. The van der Waals surface area contributed by atoms with Crippen LogP contribution in [0.1, 0.15) is 79.7 Å². The maximum atomic E-state index is 13.0. The molecule has 2 aliphatic rings. The molecule has 2 aliphatic heterocycles. The Morgan fingerprint density at radius 1 is 0.727 bits per heavy atom. The number of carbonyl (C=O) groups is 1. The van der Waals surface area contributed by atoms with Crippen LogP contribution in [0, 0.1) is 0 Å². The van der Waals surface area contributed by atoms with Crippen LogP contribution in [-0.4, -0.2) is 16.2 Å². The van der Waals surface area contributed by atoms with E-state index in [0.29, 0.717) is 33.8 Å². The average Bonchev–Trinajstić information content (AvgIpc) is 3.01. The van der Waals surface area contributed by atoms with Gasteiger partial charge in [-0.3, -0.25) is 0 Å². The summed E-state index contributed by atoms with van der Waals surface area (Å²) >= 11 is 0. The smallest absolute Gasteiger partial charge is 0.340 e. The normalized spacial score (nSPS) is 16.0. The van der Waals surface area contributed by atoms with E-state index in [9.17, 15) is 15.0 Å². The molecule has 0 unspecified atom stereocenters. The van der Waals surface area contributed by atoms with Gasteiger partial charge in [-0.2, -0.15) is 0 Å². The molecule has 0 saturated heterocycles. The van der Waals surface area contributed by atoms with Crippen molar-refractivity contribution < 1.29 is 24.5 Å². The van der Waals surface area contributed by atoms with Gasteiger partial charge in [0.25, 0.3) is 0 Å². The summed E-state index contributed by atoms with van der Waals surface area (Å²) in [5.41, 5.74) is 1.64. The Hall–Kier alpha value is -3.47. The van der Waals surface area contributed by atoms with Crippen molar-refractivity contribution in [3.05, 3.63) is 81.9 Å². The lowest BCUT2D eigenvalue weighted by Crippen LogP contribution is -2.33. The topological polar surface area (TPSA) is 76.0 Å². The van der Waals surface area contributed by atoms with Crippen LogP contribution in [0.3, 0.4) is 0 Å². The summed E-state index contributed by atoms with van der Waals surface area (Å²) in [7, 11) is 0. The number of aromatic hydroxyl groups is 2. The van der Waals surface area contributed by atoms with Crippen LogP contribution >= 0.6 is 0 Å². The summed E-state index contributed by atoms with van der Waals surface area (Å²) in [6, 6.07) is 14.1. The zero-order valence-electron chi connectivity index (χ0n) is 19.7. The number of phenols is 2. The van der Waals surface area contributed by atoms with Gasteiger partial charge in [-0.1, -0.05) is 59.7 Å². The number of phenolic OH excluding ortho intramolecular Hbond substituents is 2. The monoisotopic (exact) mass is 444 g/mol. The van der Waals surface area contributed by atoms with Gasteiger partial charge in [0.2, 0.25) is 0 Å². The SMILES string of the molecule is CC(C)(C)c1cc2c(cc1O)C1(OC(=O)c3ccccc31)c1cc(O)c(C(C)(C)C)cc1O2. The third kappa shape index (κ3) is 2.95. The molecule has 5 heteroatoms. The summed E-state index contributed by atoms with van der Waals surface area (Å²) in [5, 5.41) is 21.9. The van der Waals surface area contributed by atoms with Crippen LogP contribution in [0.25, 0.3) is 0 Å². The lowest BCUT2D eigenvalue weighted by atomic mass is 9.74. The number of ether oxygens (including phenoxy) is 2. The zero-order chi connectivity index (χ0) is 23.9. The first-order valence-electron chi connectivity index (χ1n) is 11.1. The van der Waals surface area contributed by atoms with E-state index < -0.39 is 11.6 Å². The minimum absolute atomic E-state index is 0.101. The van der Waals surface area contributed by atoms with E-state index in [1.165, 1.54) is 0 Å². The Balaban J connectivity index is 1.89. The molecule has 1 spiro atoms. The number of benzene rings is 3. The number of hydrogen-bond acceptors (Lipinski definition) is 5. The van der Waals surface area contributed by atoms with E-state index in [1.807, 2.05) is 65.8 Å². The van der Waals surface area contributed by atoms with E-state index >= 15 is 0 Å². The van der Waals surface area contributed by atoms with Crippen LogP contribution in [0.5, 0.6) is 23.0 Å². The van der Waals surface area contributed by atoms with Crippen molar-refractivity contribution in [2.24, 2.45) is 0 Å². The van der Waals surface area contributed by atoms with E-state index in [-0.39, 0.29) is 22.3 Å². The molecule has 2 N–H and O–H groups in total. The minimum atomic E-state index is -1.33. The average molecular weight is 445 g/mol. The molecular weight excluding hydrogens is 416 g/mol. The highest BCUT2D eigenvalue weighted by Crippen LogP contribution is 2.58. The van der Waals surface area contributed by atoms with Crippen LogP contribution in [-0.2, 0) is 21.2 Å². The first kappa shape index (κ1) is 21.4. The molecule has 33 heavy (non-hydrogen) atoms. The highest BCUT2D eigenvalue weighted by molar-refractivity contribution is 5.97. The molecule has 0 saturated carbocycles. The molecule has 0 amide bonds. The quantitative estimate of drug-likeness (QED) is 0.400. The van der Waals surface area contributed by atoms with Crippen LogP contribution in [0.15, 0.2) is 48.5 Å². The van der Waals surface area contributed by atoms with Gasteiger partial charge in [-0.25, -0.2) is 4.79 Å². The fourth-order valence-corrected chi connectivity index (χ4v) is 4.94. The largest absolute Gasteiger partial charge is 0.508 e. The van der Waals surface area contributed by atoms with Crippen molar-refractivity contribution in [2.75, 3.05) is 0 Å². The third-order valence-electron chi connectivity index (χ3n) is 6.56. The van der Waals surface area contributed by atoms with E-state index in [2.05, 4.69) is 0 Å². The maximum Gasteiger partial charge on any atom is 0.340 e. The zero-order valence-corrected chi connectivity index (χ0v) is 19.7. The first-order valence-corrected chi connectivity index (χ1v) is 11.1. The Bertz CT molecular complexity index is 1250. The molecule has 0 radical (unpaired) electrons. The van der Waals surface area contributed by atoms with Gasteiger partial charge >= 0.3 is 5.97 Å². The Labute approximate surface area is 193 Å². The third-order valence-corrected chi connectivity index (χ3v) is 6.56. The second-order valence-electron chi connectivity index (χ2n) is 10.9. The fourth-order valence-electron chi connectivity index (χ4n) is 4.94. The van der Waals surface area contributed by atoms with Crippen molar-refractivity contribution >= 4 is 5.97 Å². The highest BCUT2D eigenvalue weighted by Gasteiger charge is 2.54. The van der Waals surface area contributed by atoms with E-state index in [1.54, 1.807) is 24.3 Å². The van der Waals surface area contributed by atoms with Gasteiger partial charge in [-0.15, -0.1) is 0 Å². The summed E-state index contributed by atoms with van der Waals surface area (Å²) < 4.78 is 12.5. The van der Waals surface area contributed by atoms with Gasteiger partial charge in [0, 0.05) is 16.7 Å². The number of rotatable bonds is 0. The number of esters is 1. The van der Waals surface area contributed by atoms with Crippen molar-refractivity contribution in [3.63, 3.8) is 0 Å². The molecule has 0 atom stereocenters. The molecule has 170 valence electrons. The van der Waals surface area contributed by atoms with Gasteiger partial charge < -0.3 is 19.7 Å². The molecule has 0 bridgehead atoms. The predicted octanol–water partition coefficient (Wildman–Crippen LogP) is 6.26. The van der Waals surface area contributed by atoms with Gasteiger partial charge in [-0.05, 0) is 41.2 Å². The number of fused-ring (bicyclic) bond motifs is 6. The summed E-state index contributed by atoms with van der Waals surface area (Å²) in [6.07, 6.45) is 0. The lowest BCUT2D eigenvalue weighted by Gasteiger charge is -2.38.